The van der Waals surface area contributed by atoms with Gasteiger partial charge in [0.05, 0.1) is 64.4 Å². The summed E-state index contributed by atoms with van der Waals surface area (Å²) >= 11 is 8.03. The van der Waals surface area contributed by atoms with Crippen molar-refractivity contribution in [3.8, 4) is 23.0 Å². The van der Waals surface area contributed by atoms with Crippen LogP contribution >= 0.6 is 23.4 Å². The van der Waals surface area contributed by atoms with Crippen LogP contribution in [0.5, 0.6) is 23.0 Å². The molecule has 6 N–H and O–H groups in total. The van der Waals surface area contributed by atoms with Gasteiger partial charge in [0, 0.05) is 109 Å². The minimum absolute atomic E-state index is 0.0559. The van der Waals surface area contributed by atoms with E-state index in [1.165, 1.54) is 80.6 Å². The Hall–Kier alpha value is -6.32. The number of phenolic OH excluding ortho intramolecular Hbond substituents is 3. The summed E-state index contributed by atoms with van der Waals surface area (Å²) in [5, 5.41) is 67.6. The summed E-state index contributed by atoms with van der Waals surface area (Å²) < 4.78 is 23.6. The number of halogens is 1. The Balaban J connectivity index is 0.000000364. The fourth-order valence-electron chi connectivity index (χ4n) is 10.5. The third-order valence-corrected chi connectivity index (χ3v) is 16.8. The van der Waals surface area contributed by atoms with Crippen molar-refractivity contribution in [1.29, 1.82) is 0 Å². The first kappa shape index (κ1) is 61.3. The molecule has 1 fully saturated rings. The lowest BCUT2D eigenvalue weighted by atomic mass is 9.78. The van der Waals surface area contributed by atoms with Gasteiger partial charge < -0.3 is 64.5 Å². The molecule has 4 aromatic carbocycles. The number of anilines is 3. The summed E-state index contributed by atoms with van der Waals surface area (Å²) in [4.78, 5) is 49.8. The van der Waals surface area contributed by atoms with E-state index in [9.17, 15) is 39.9 Å². The summed E-state index contributed by atoms with van der Waals surface area (Å²) in [6.07, 6.45) is 5.98. The van der Waals surface area contributed by atoms with E-state index in [0.29, 0.717) is 13.1 Å². The van der Waals surface area contributed by atoms with Gasteiger partial charge in [-0.05, 0) is 84.4 Å². The van der Waals surface area contributed by atoms with Gasteiger partial charge in [0.15, 0.2) is 5.75 Å². The van der Waals surface area contributed by atoms with E-state index in [2.05, 4.69) is 75.6 Å². The smallest absolute Gasteiger partial charge is 0.312 e. The summed E-state index contributed by atoms with van der Waals surface area (Å²) in [6, 6.07) is 14.8. The molecule has 0 spiro atoms. The number of benzene rings is 4. The number of nitrogens with one attached hydrogen (secondary N) is 1. The molecule has 5 bridgehead atoms. The number of aliphatic hydroxyl groups is 2. The van der Waals surface area contributed by atoms with Crippen LogP contribution in [0.15, 0.2) is 93.5 Å². The zero-order valence-electron chi connectivity index (χ0n) is 47.7. The molecule has 0 aliphatic carbocycles. The highest BCUT2D eigenvalue weighted by atomic mass is 35.5. The second-order valence-corrected chi connectivity index (χ2v) is 23.1. The zero-order chi connectivity index (χ0) is 58.5. The molecule has 5 aliphatic heterocycles. The number of aromatic hydroxyl groups is 3. The minimum atomic E-state index is -2.04. The average Bonchev–Trinajstić information content (AvgIpc) is 3.89. The highest BCUT2D eigenvalue weighted by Crippen LogP contribution is 2.55. The Morgan fingerprint density at radius 3 is 2.29 bits per heavy atom. The van der Waals surface area contributed by atoms with Crippen molar-refractivity contribution in [3.05, 3.63) is 100 Å². The number of fused-ring (bicyclic) bond motifs is 16. The monoisotopic (exact) mass is 1140 g/mol. The van der Waals surface area contributed by atoms with Crippen molar-refractivity contribution >= 4 is 75.1 Å². The minimum Gasteiger partial charge on any atom is -0.507 e. The summed E-state index contributed by atoms with van der Waals surface area (Å²) in [7, 11) is 7.65. The summed E-state index contributed by atoms with van der Waals surface area (Å²) in [5.74, 6) is -8.34. The van der Waals surface area contributed by atoms with Crippen molar-refractivity contribution in [2.24, 2.45) is 28.8 Å². The van der Waals surface area contributed by atoms with Crippen LogP contribution < -0.4 is 15.0 Å². The van der Waals surface area contributed by atoms with Crippen LogP contribution in [-0.4, -0.2) is 162 Å². The number of hydrogen-bond acceptors (Lipinski definition) is 18. The molecule has 0 unspecified atom stereocenters. The number of esters is 1. The number of ketones is 1. The van der Waals surface area contributed by atoms with Crippen molar-refractivity contribution in [3.63, 3.8) is 0 Å². The summed E-state index contributed by atoms with van der Waals surface area (Å²) in [6.45, 7) is 17.2. The molecule has 9 atom stereocenters. The molecule has 1 amide bonds. The van der Waals surface area contributed by atoms with Crippen molar-refractivity contribution in [2.75, 3.05) is 77.7 Å². The number of carbonyl (C=O) groups excluding carboxylic acids is 3. The molecule has 9 rings (SSSR count). The molecule has 432 valence electrons. The van der Waals surface area contributed by atoms with Crippen LogP contribution in [-0.2, 0) is 23.8 Å². The highest BCUT2D eigenvalue weighted by Gasteiger charge is 2.50. The van der Waals surface area contributed by atoms with Gasteiger partial charge in [-0.25, -0.2) is 0 Å². The number of phenols is 3. The molecule has 1 saturated heterocycles. The van der Waals surface area contributed by atoms with Crippen LogP contribution in [0.3, 0.4) is 0 Å². The Bertz CT molecular complexity index is 3070. The highest BCUT2D eigenvalue weighted by molar-refractivity contribution is 7.99. The van der Waals surface area contributed by atoms with Gasteiger partial charge in [0.2, 0.25) is 0 Å². The molecule has 0 radical (unpaired) electrons. The Labute approximate surface area is 478 Å². The molecule has 18 nitrogen and oxygen atoms in total. The largest absolute Gasteiger partial charge is 0.507 e. The van der Waals surface area contributed by atoms with Crippen molar-refractivity contribution in [2.45, 2.75) is 102 Å². The van der Waals surface area contributed by atoms with E-state index >= 15 is 0 Å². The molecule has 20 heteroatoms. The Kier molecular flexibility index (Phi) is 20.0. The van der Waals surface area contributed by atoms with E-state index in [1.54, 1.807) is 44.9 Å². The molecule has 0 saturated carbocycles. The molecule has 80 heavy (non-hydrogen) atoms. The Morgan fingerprint density at radius 1 is 0.925 bits per heavy atom. The van der Waals surface area contributed by atoms with E-state index in [-0.39, 0.29) is 44.5 Å². The number of likely N-dealkylation sites (N-methyl/N-ethyl adjacent to an activating group) is 1. The number of aliphatic hydroxyl groups excluding tert-OH is 2. The van der Waals surface area contributed by atoms with Gasteiger partial charge in [-0.1, -0.05) is 81.4 Å². The SMILES string of the molecule is CN(C)CCCN1c2ccccc2Sc2ccc(Cl)cc21.CO[C@H]1/C=C/O[C@@]2(C)Oc3c(C)c(O)c4c(O)c(c(/C=N\N5CCN(C)CC5)c(O)c4c3C2=O)NC(=O)/C(C)=C\C=C\[C@@H](C)[C@H](O)[C@@H](C)[C@H](O)[C@@H](C)[C@H](OC(C)=O)[C@@H]1C. The van der Waals surface area contributed by atoms with Crippen LogP contribution in [0.4, 0.5) is 17.1 Å². The second kappa shape index (κ2) is 26.1. The lowest BCUT2D eigenvalue weighted by Gasteiger charge is -2.38. The first-order valence-corrected chi connectivity index (χ1v) is 28.1. The van der Waals surface area contributed by atoms with Gasteiger partial charge >= 0.3 is 11.8 Å². The van der Waals surface area contributed by atoms with Gasteiger partial charge in [0.25, 0.3) is 11.7 Å². The standard InChI is InChI=1S/C43H58N4O12.C17H19ClN2S/c1-21-12-11-13-22(2)42(55)45-33-28(20-44-47-17-15-46(9)16-18-47)37(52)30-31(38(33)53)36(51)26(6)40-32(30)41(54)43(8,59-40)57-19-14-29(56-10)23(3)39(58-27(7)48)25(5)35(50)24(4)34(21)49;1-19(2)10-5-11-20-14-6-3-4-7-16(14)21-17-9-8-13(18)12-15(17)20/h11-14,19-21,23-25,29,34-35,39,49-53H,15-18H2,1-10H3,(H,45,55);3-4,6-9,12H,5,10-11H2,1-2H3/b12-11+,19-14+,22-13-,44-20-;/t21-,23-,24-,25-,29+,34+,35+,39-,43+;/m1./s1. The number of carbonyl (C=O) groups is 3. The summed E-state index contributed by atoms with van der Waals surface area (Å²) in [5.41, 5.74) is 2.16. The lowest BCUT2D eigenvalue weighted by molar-refractivity contribution is -0.160. The average molecular weight is 1140 g/mol. The number of rotatable bonds is 8. The normalized spacial score (nSPS) is 27.1. The zero-order valence-corrected chi connectivity index (χ0v) is 49.3. The number of methoxy groups -OCH3 is 1. The number of hydrogen-bond donors (Lipinski definition) is 6. The van der Waals surface area contributed by atoms with E-state index in [4.69, 9.17) is 30.5 Å². The fourth-order valence-corrected chi connectivity index (χ4v) is 11.8. The second-order valence-electron chi connectivity index (χ2n) is 21.6. The first-order valence-electron chi connectivity index (χ1n) is 26.9. The third kappa shape index (κ3) is 13.2. The van der Waals surface area contributed by atoms with Gasteiger partial charge in [0.1, 0.15) is 23.4 Å². The molecular weight excluding hydrogens is 1060 g/mol. The van der Waals surface area contributed by atoms with Crippen LogP contribution in [0.1, 0.15) is 76.4 Å². The quantitative estimate of drug-likeness (QED) is 0.0418. The number of piperazine rings is 1. The maximum absolute atomic E-state index is 14.4. The predicted molar refractivity (Wildman–Crippen MR) is 313 cm³/mol. The van der Waals surface area contributed by atoms with E-state index < -0.39 is 88.8 Å². The van der Waals surface area contributed by atoms with Gasteiger partial charge in [-0.15, -0.1) is 0 Å². The number of allylic oxidation sites excluding steroid dienone is 2. The number of para-hydroxylation sites is 1. The molecule has 4 aromatic rings. The van der Waals surface area contributed by atoms with E-state index in [0.717, 1.165) is 37.6 Å². The van der Waals surface area contributed by atoms with Crippen LogP contribution in [0.2, 0.25) is 5.02 Å². The van der Waals surface area contributed by atoms with Crippen molar-refractivity contribution < 1.29 is 58.9 Å². The molecule has 5 heterocycles. The molecule has 5 aliphatic rings. The number of Topliss-reactive ketones (excluding diaryl/α,β-unsaturated/α-hetero) is 1. The van der Waals surface area contributed by atoms with Crippen molar-refractivity contribution in [1.82, 2.24) is 14.8 Å². The maximum atomic E-state index is 14.4. The maximum Gasteiger partial charge on any atom is 0.312 e. The number of amides is 1. The fraction of sp³-hybridized carbons (Fsp3) is 0.467. The third-order valence-electron chi connectivity index (χ3n) is 15.4. The topological polar surface area (TPSA) is 227 Å². The van der Waals surface area contributed by atoms with Gasteiger partial charge in [-0.3, -0.25) is 19.4 Å². The van der Waals surface area contributed by atoms with Gasteiger partial charge in [-0.2, -0.15) is 5.10 Å². The van der Waals surface area contributed by atoms with E-state index in [1.807, 2.05) is 24.9 Å². The number of hydrazone groups is 1. The Morgan fingerprint density at radius 2 is 1.61 bits per heavy atom. The molecular formula is C60H77ClN6O12S. The first-order chi connectivity index (χ1) is 37.9. The van der Waals surface area contributed by atoms with Crippen LogP contribution in [0.25, 0.3) is 10.8 Å². The number of nitrogens with zero attached hydrogens (tertiary/aromatic N) is 5. The lowest BCUT2D eigenvalue weighted by Crippen LogP contribution is -2.46. The van der Waals surface area contributed by atoms with Crippen LogP contribution in [0, 0.1) is 30.6 Å². The predicted octanol–water partition coefficient (Wildman–Crippen LogP) is 9.23. The number of ether oxygens (including phenoxy) is 4. The molecule has 0 aromatic heterocycles.